The van der Waals surface area contributed by atoms with Gasteiger partial charge in [-0.25, -0.2) is 5.43 Å². The van der Waals surface area contributed by atoms with E-state index >= 15 is 0 Å². The van der Waals surface area contributed by atoms with E-state index < -0.39 is 0 Å². The quantitative estimate of drug-likeness (QED) is 0.685. The highest BCUT2D eigenvalue weighted by atomic mass is 16.2. The van der Waals surface area contributed by atoms with Gasteiger partial charge in [-0.1, -0.05) is 6.42 Å². The largest absolute Gasteiger partial charge is 0.291 e. The molecule has 3 aliphatic rings. The molecule has 1 heterocycles. The van der Waals surface area contributed by atoms with Crippen molar-refractivity contribution >= 4 is 5.91 Å². The molecule has 15 heavy (non-hydrogen) atoms. The number of carbonyl (C=O) groups is 1. The first-order chi connectivity index (χ1) is 7.12. The van der Waals surface area contributed by atoms with Gasteiger partial charge < -0.3 is 0 Å². The summed E-state index contributed by atoms with van der Waals surface area (Å²) in [4.78, 5) is 12.0. The summed E-state index contributed by atoms with van der Waals surface area (Å²) in [5.41, 5.74) is 5.74. The molecule has 1 saturated heterocycles. The Morgan fingerprint density at radius 2 is 2.13 bits per heavy atom. The fraction of sp³-hybridized carbons (Fsp3) is 0.917. The molecule has 0 aromatic carbocycles. The number of hydrogen-bond donors (Lipinski definition) is 2. The highest BCUT2D eigenvalue weighted by Crippen LogP contribution is 2.56. The third-order valence-electron chi connectivity index (χ3n) is 5.30. The molecular formula is C12H20N2O. The third kappa shape index (κ3) is 1.13. The predicted molar refractivity (Wildman–Crippen MR) is 57.8 cm³/mol. The summed E-state index contributed by atoms with van der Waals surface area (Å²) in [7, 11) is 0. The highest BCUT2D eigenvalue weighted by Gasteiger charge is 2.56. The van der Waals surface area contributed by atoms with Gasteiger partial charge in [-0.15, -0.1) is 0 Å². The second kappa shape index (κ2) is 2.97. The maximum absolute atomic E-state index is 12.0. The smallest absolute Gasteiger partial charge is 0.241 e. The Morgan fingerprint density at radius 1 is 1.33 bits per heavy atom. The van der Waals surface area contributed by atoms with E-state index in [0.717, 1.165) is 11.8 Å². The number of carbonyl (C=O) groups excluding carboxylic acids is 1. The summed E-state index contributed by atoms with van der Waals surface area (Å²) >= 11 is 0. The molecule has 0 spiro atoms. The molecule has 3 fully saturated rings. The second-order valence-corrected chi connectivity index (χ2v) is 5.88. The van der Waals surface area contributed by atoms with Crippen molar-refractivity contribution in [1.82, 2.24) is 10.9 Å². The SMILES string of the molecule is CC1NNC(=O)C1(C)C1CC2CCC1C2. The molecule has 0 aromatic rings. The van der Waals surface area contributed by atoms with Crippen LogP contribution < -0.4 is 10.9 Å². The second-order valence-electron chi connectivity index (χ2n) is 5.88. The molecule has 3 rings (SSSR count). The maximum atomic E-state index is 12.0. The van der Waals surface area contributed by atoms with Crippen LogP contribution in [-0.2, 0) is 4.79 Å². The summed E-state index contributed by atoms with van der Waals surface area (Å²) in [6, 6.07) is 0.273. The minimum absolute atomic E-state index is 0.167. The number of hydrazine groups is 1. The Balaban J connectivity index is 1.89. The van der Waals surface area contributed by atoms with E-state index in [9.17, 15) is 4.79 Å². The number of fused-ring (bicyclic) bond motifs is 2. The summed E-state index contributed by atoms with van der Waals surface area (Å²) in [5.74, 6) is 2.55. The topological polar surface area (TPSA) is 41.1 Å². The zero-order valence-electron chi connectivity index (χ0n) is 9.55. The van der Waals surface area contributed by atoms with Crippen LogP contribution in [0.4, 0.5) is 0 Å². The molecule has 5 unspecified atom stereocenters. The van der Waals surface area contributed by atoms with Crippen LogP contribution in [0, 0.1) is 23.2 Å². The van der Waals surface area contributed by atoms with Crippen LogP contribution in [-0.4, -0.2) is 11.9 Å². The Hall–Kier alpha value is -0.570. The standard InChI is InChI=1S/C12H20N2O/c1-7-12(2,11(15)14-13-7)10-6-8-3-4-9(10)5-8/h7-10,13H,3-6H2,1-2H3,(H,14,15). The van der Waals surface area contributed by atoms with Crippen LogP contribution in [0.2, 0.25) is 0 Å². The lowest BCUT2D eigenvalue weighted by Gasteiger charge is -2.37. The number of hydrogen-bond acceptors (Lipinski definition) is 2. The van der Waals surface area contributed by atoms with Crippen LogP contribution in [0.5, 0.6) is 0 Å². The average molecular weight is 208 g/mol. The Kier molecular flexibility index (Phi) is 1.91. The molecule has 0 aromatic heterocycles. The van der Waals surface area contributed by atoms with E-state index in [1.807, 2.05) is 0 Å². The highest BCUT2D eigenvalue weighted by molar-refractivity contribution is 5.85. The van der Waals surface area contributed by atoms with Gasteiger partial charge >= 0.3 is 0 Å². The predicted octanol–water partition coefficient (Wildman–Crippen LogP) is 1.45. The molecule has 0 radical (unpaired) electrons. The van der Waals surface area contributed by atoms with Gasteiger partial charge in [-0.3, -0.25) is 10.2 Å². The van der Waals surface area contributed by atoms with Crippen molar-refractivity contribution in [3.63, 3.8) is 0 Å². The third-order valence-corrected chi connectivity index (χ3v) is 5.30. The fourth-order valence-corrected chi connectivity index (χ4v) is 4.12. The molecule has 1 aliphatic heterocycles. The molecular weight excluding hydrogens is 188 g/mol. The van der Waals surface area contributed by atoms with Gasteiger partial charge in [0.1, 0.15) is 0 Å². The normalized spacial score (nSPS) is 53.6. The summed E-state index contributed by atoms with van der Waals surface area (Å²) in [6.45, 7) is 4.28. The summed E-state index contributed by atoms with van der Waals surface area (Å²) < 4.78 is 0. The molecule has 5 atom stereocenters. The van der Waals surface area contributed by atoms with Crippen LogP contribution in [0.1, 0.15) is 39.5 Å². The van der Waals surface area contributed by atoms with E-state index in [1.54, 1.807) is 0 Å². The number of rotatable bonds is 1. The molecule has 3 heteroatoms. The van der Waals surface area contributed by atoms with Crippen molar-refractivity contribution in [3.05, 3.63) is 0 Å². The van der Waals surface area contributed by atoms with Crippen LogP contribution >= 0.6 is 0 Å². The van der Waals surface area contributed by atoms with Gasteiger partial charge in [0.15, 0.2) is 0 Å². The first kappa shape index (κ1) is 9.64. The van der Waals surface area contributed by atoms with Crippen molar-refractivity contribution in [3.8, 4) is 0 Å². The maximum Gasteiger partial charge on any atom is 0.241 e. The molecule has 2 bridgehead atoms. The monoisotopic (exact) mass is 208 g/mol. The van der Waals surface area contributed by atoms with Gasteiger partial charge in [0.2, 0.25) is 5.91 Å². The van der Waals surface area contributed by atoms with E-state index in [0.29, 0.717) is 5.92 Å². The van der Waals surface area contributed by atoms with Crippen molar-refractivity contribution in [2.24, 2.45) is 23.2 Å². The molecule has 1 amide bonds. The van der Waals surface area contributed by atoms with Crippen molar-refractivity contribution in [1.29, 1.82) is 0 Å². The van der Waals surface area contributed by atoms with Gasteiger partial charge in [0.25, 0.3) is 0 Å². The minimum atomic E-state index is -0.167. The van der Waals surface area contributed by atoms with Crippen LogP contribution in [0.25, 0.3) is 0 Å². The fourth-order valence-electron chi connectivity index (χ4n) is 4.12. The lowest BCUT2D eigenvalue weighted by Crippen LogP contribution is -2.43. The number of amides is 1. The Morgan fingerprint density at radius 3 is 2.60 bits per heavy atom. The lowest BCUT2D eigenvalue weighted by atomic mass is 9.66. The first-order valence-corrected chi connectivity index (χ1v) is 6.18. The number of nitrogens with one attached hydrogen (secondary N) is 2. The zero-order chi connectivity index (χ0) is 10.6. The van der Waals surface area contributed by atoms with E-state index in [1.165, 1.54) is 25.7 Å². The Labute approximate surface area is 91.0 Å². The van der Waals surface area contributed by atoms with Crippen molar-refractivity contribution < 1.29 is 4.79 Å². The molecule has 2 aliphatic carbocycles. The van der Waals surface area contributed by atoms with Gasteiger partial charge in [-0.05, 0) is 50.9 Å². The van der Waals surface area contributed by atoms with Crippen molar-refractivity contribution in [2.75, 3.05) is 0 Å². The zero-order valence-corrected chi connectivity index (χ0v) is 9.55. The van der Waals surface area contributed by atoms with Crippen LogP contribution in [0.3, 0.4) is 0 Å². The molecule has 3 nitrogen and oxygen atoms in total. The lowest BCUT2D eigenvalue weighted by molar-refractivity contribution is -0.131. The van der Waals surface area contributed by atoms with E-state index in [-0.39, 0.29) is 17.4 Å². The summed E-state index contributed by atoms with van der Waals surface area (Å²) in [6.07, 6.45) is 5.41. The van der Waals surface area contributed by atoms with Gasteiger partial charge in [0, 0.05) is 6.04 Å². The van der Waals surface area contributed by atoms with Gasteiger partial charge in [-0.2, -0.15) is 0 Å². The van der Waals surface area contributed by atoms with Crippen molar-refractivity contribution in [2.45, 2.75) is 45.6 Å². The first-order valence-electron chi connectivity index (χ1n) is 6.18. The van der Waals surface area contributed by atoms with Crippen LogP contribution in [0.15, 0.2) is 0 Å². The minimum Gasteiger partial charge on any atom is -0.291 e. The molecule has 2 saturated carbocycles. The molecule has 2 N–H and O–H groups in total. The van der Waals surface area contributed by atoms with E-state index in [4.69, 9.17) is 0 Å². The Bertz CT molecular complexity index is 304. The van der Waals surface area contributed by atoms with E-state index in [2.05, 4.69) is 24.7 Å². The summed E-state index contributed by atoms with van der Waals surface area (Å²) in [5, 5.41) is 0. The molecule has 84 valence electrons. The average Bonchev–Trinajstić information content (AvgIpc) is 2.89. The van der Waals surface area contributed by atoms with Gasteiger partial charge in [0.05, 0.1) is 5.41 Å².